The maximum Gasteiger partial charge on any atom is 0.222 e. The second kappa shape index (κ2) is 16.0. The Morgan fingerprint density at radius 1 is 0.667 bits per heavy atom. The van der Waals surface area contributed by atoms with Crippen molar-refractivity contribution in [3.05, 3.63) is 0 Å². The Hall–Kier alpha value is -0.530. The van der Waals surface area contributed by atoms with Crippen LogP contribution in [0.2, 0.25) is 0 Å². The molecule has 0 N–H and O–H groups in total. The van der Waals surface area contributed by atoms with Crippen LogP contribution in [-0.4, -0.2) is 23.9 Å². The Labute approximate surface area is 151 Å². The van der Waals surface area contributed by atoms with Crippen molar-refractivity contribution in [2.45, 2.75) is 122 Å². The van der Waals surface area contributed by atoms with Gasteiger partial charge in [0.15, 0.2) is 0 Å². The SMILES string of the molecule is CCCCCCCCCCN1CCCCCCCCCCCC1=O. The molecule has 0 unspecified atom stereocenters. The van der Waals surface area contributed by atoms with E-state index < -0.39 is 0 Å². The molecule has 1 aliphatic heterocycles. The first-order valence-electron chi connectivity index (χ1n) is 11.1. The predicted octanol–water partition coefficient (Wildman–Crippen LogP) is 6.87. The normalized spacial score (nSPS) is 18.7. The minimum atomic E-state index is 0.428. The molecule has 1 rings (SSSR count). The van der Waals surface area contributed by atoms with Gasteiger partial charge in [-0.3, -0.25) is 4.79 Å². The van der Waals surface area contributed by atoms with E-state index in [9.17, 15) is 4.79 Å². The van der Waals surface area contributed by atoms with Crippen LogP contribution in [0.3, 0.4) is 0 Å². The van der Waals surface area contributed by atoms with E-state index in [-0.39, 0.29) is 0 Å². The molecular formula is C22H43NO. The molecule has 0 saturated carbocycles. The molecule has 1 aliphatic rings. The molecule has 1 fully saturated rings. The fourth-order valence-corrected chi connectivity index (χ4v) is 3.77. The summed E-state index contributed by atoms with van der Waals surface area (Å²) in [5, 5.41) is 0. The van der Waals surface area contributed by atoms with Gasteiger partial charge >= 0.3 is 0 Å². The average Bonchev–Trinajstić information content (AvgIpc) is 2.61. The van der Waals surface area contributed by atoms with Crippen LogP contribution >= 0.6 is 0 Å². The highest BCUT2D eigenvalue weighted by atomic mass is 16.2. The summed E-state index contributed by atoms with van der Waals surface area (Å²) in [5.74, 6) is 0.428. The minimum absolute atomic E-state index is 0.428. The van der Waals surface area contributed by atoms with Gasteiger partial charge in [-0.05, 0) is 19.3 Å². The van der Waals surface area contributed by atoms with Crippen molar-refractivity contribution in [2.75, 3.05) is 13.1 Å². The smallest absolute Gasteiger partial charge is 0.222 e. The highest BCUT2D eigenvalue weighted by molar-refractivity contribution is 5.76. The molecule has 0 bridgehead atoms. The zero-order valence-corrected chi connectivity index (χ0v) is 16.5. The van der Waals surface area contributed by atoms with Gasteiger partial charge in [-0.25, -0.2) is 0 Å². The van der Waals surface area contributed by atoms with Crippen molar-refractivity contribution in [2.24, 2.45) is 0 Å². The predicted molar refractivity (Wildman–Crippen MR) is 105 cm³/mol. The second-order valence-corrected chi connectivity index (χ2v) is 7.79. The third kappa shape index (κ3) is 11.9. The zero-order valence-electron chi connectivity index (χ0n) is 16.5. The number of rotatable bonds is 9. The molecule has 0 aromatic heterocycles. The molecule has 1 heterocycles. The molecule has 142 valence electrons. The topological polar surface area (TPSA) is 20.3 Å². The van der Waals surface area contributed by atoms with E-state index in [2.05, 4.69) is 11.8 Å². The van der Waals surface area contributed by atoms with Crippen molar-refractivity contribution in [3.8, 4) is 0 Å². The third-order valence-corrected chi connectivity index (χ3v) is 5.45. The van der Waals surface area contributed by atoms with Crippen molar-refractivity contribution in [1.82, 2.24) is 4.90 Å². The number of hydrogen-bond donors (Lipinski definition) is 0. The molecular weight excluding hydrogens is 294 g/mol. The molecule has 0 spiro atoms. The number of carbonyl (C=O) groups excluding carboxylic acids is 1. The largest absolute Gasteiger partial charge is 0.343 e. The summed E-state index contributed by atoms with van der Waals surface area (Å²) in [6, 6.07) is 0. The summed E-state index contributed by atoms with van der Waals surface area (Å²) in [7, 11) is 0. The molecule has 1 amide bonds. The zero-order chi connectivity index (χ0) is 17.3. The van der Waals surface area contributed by atoms with Crippen LogP contribution in [0.5, 0.6) is 0 Å². The van der Waals surface area contributed by atoms with E-state index in [1.807, 2.05) is 0 Å². The minimum Gasteiger partial charge on any atom is -0.343 e. The Kier molecular flexibility index (Phi) is 14.3. The lowest BCUT2D eigenvalue weighted by atomic mass is 10.1. The number of nitrogens with zero attached hydrogens (tertiary/aromatic N) is 1. The van der Waals surface area contributed by atoms with E-state index in [1.54, 1.807) is 0 Å². The molecule has 1 saturated heterocycles. The molecule has 2 nitrogen and oxygen atoms in total. The first-order valence-corrected chi connectivity index (χ1v) is 11.1. The van der Waals surface area contributed by atoms with E-state index in [4.69, 9.17) is 0 Å². The van der Waals surface area contributed by atoms with Crippen LogP contribution in [0.4, 0.5) is 0 Å². The van der Waals surface area contributed by atoms with Crippen LogP contribution < -0.4 is 0 Å². The lowest BCUT2D eigenvalue weighted by molar-refractivity contribution is -0.131. The van der Waals surface area contributed by atoms with Gasteiger partial charge in [-0.1, -0.05) is 96.8 Å². The Balaban J connectivity index is 2.18. The van der Waals surface area contributed by atoms with E-state index in [0.29, 0.717) is 5.91 Å². The lowest BCUT2D eigenvalue weighted by Crippen LogP contribution is -2.32. The quantitative estimate of drug-likeness (QED) is 0.420. The van der Waals surface area contributed by atoms with Gasteiger partial charge in [0.05, 0.1) is 0 Å². The fraction of sp³-hybridized carbons (Fsp3) is 0.955. The summed E-state index contributed by atoms with van der Waals surface area (Å²) in [6.07, 6.45) is 23.3. The lowest BCUT2D eigenvalue weighted by Gasteiger charge is -2.23. The third-order valence-electron chi connectivity index (χ3n) is 5.45. The van der Waals surface area contributed by atoms with Crippen LogP contribution in [0.1, 0.15) is 122 Å². The second-order valence-electron chi connectivity index (χ2n) is 7.79. The first-order chi connectivity index (χ1) is 11.8. The van der Waals surface area contributed by atoms with Crippen molar-refractivity contribution >= 4 is 5.91 Å². The maximum absolute atomic E-state index is 12.5. The standard InChI is InChI=1S/C22H43NO/c1-2-3-4-5-6-11-14-17-20-23-21-18-15-12-9-7-8-10-13-16-19-22(23)24/h2-21H2,1H3. The highest BCUT2D eigenvalue weighted by Gasteiger charge is 2.12. The number of unbranched alkanes of at least 4 members (excludes halogenated alkanes) is 7. The highest BCUT2D eigenvalue weighted by Crippen LogP contribution is 2.15. The van der Waals surface area contributed by atoms with Crippen molar-refractivity contribution in [1.29, 1.82) is 0 Å². The number of carbonyl (C=O) groups is 1. The average molecular weight is 338 g/mol. The van der Waals surface area contributed by atoms with Gasteiger partial charge in [-0.2, -0.15) is 0 Å². The van der Waals surface area contributed by atoms with Gasteiger partial charge in [0.1, 0.15) is 0 Å². The molecule has 24 heavy (non-hydrogen) atoms. The summed E-state index contributed by atoms with van der Waals surface area (Å²) < 4.78 is 0. The summed E-state index contributed by atoms with van der Waals surface area (Å²) in [5.41, 5.74) is 0. The van der Waals surface area contributed by atoms with Crippen molar-refractivity contribution in [3.63, 3.8) is 0 Å². The summed E-state index contributed by atoms with van der Waals surface area (Å²) >= 11 is 0. The summed E-state index contributed by atoms with van der Waals surface area (Å²) in [6.45, 7) is 4.29. The van der Waals surface area contributed by atoms with Crippen molar-refractivity contribution < 1.29 is 4.79 Å². The Bertz CT molecular complexity index is 290. The molecule has 0 aliphatic carbocycles. The van der Waals surface area contributed by atoms with Gasteiger partial charge in [0.2, 0.25) is 5.91 Å². The molecule has 0 aromatic rings. The van der Waals surface area contributed by atoms with E-state index in [0.717, 1.165) is 25.9 Å². The van der Waals surface area contributed by atoms with Gasteiger partial charge in [0, 0.05) is 19.5 Å². The first kappa shape index (κ1) is 21.5. The number of amides is 1. The van der Waals surface area contributed by atoms with E-state index in [1.165, 1.54) is 103 Å². The summed E-state index contributed by atoms with van der Waals surface area (Å²) in [4.78, 5) is 14.7. The van der Waals surface area contributed by atoms with Gasteiger partial charge in [-0.15, -0.1) is 0 Å². The Morgan fingerprint density at radius 3 is 1.79 bits per heavy atom. The van der Waals surface area contributed by atoms with Crippen LogP contribution in [0.25, 0.3) is 0 Å². The van der Waals surface area contributed by atoms with Crippen LogP contribution in [-0.2, 0) is 4.79 Å². The van der Waals surface area contributed by atoms with Gasteiger partial charge < -0.3 is 4.90 Å². The molecule has 0 radical (unpaired) electrons. The molecule has 0 aromatic carbocycles. The molecule has 2 heteroatoms. The van der Waals surface area contributed by atoms with Crippen LogP contribution in [0.15, 0.2) is 0 Å². The van der Waals surface area contributed by atoms with Gasteiger partial charge in [0.25, 0.3) is 0 Å². The van der Waals surface area contributed by atoms with Crippen LogP contribution in [0, 0.1) is 0 Å². The fourth-order valence-electron chi connectivity index (χ4n) is 3.77. The molecule has 0 atom stereocenters. The maximum atomic E-state index is 12.5. The number of hydrogen-bond acceptors (Lipinski definition) is 1. The van der Waals surface area contributed by atoms with E-state index >= 15 is 0 Å². The monoisotopic (exact) mass is 337 g/mol. The Morgan fingerprint density at radius 2 is 1.17 bits per heavy atom.